The standard InChI is InChI=1S/C14H21NO4S/c1-5-7-9-10(13(16)19-8(3)4)12(15)20-11(9)14(17)18-6-2/h8H,5-7,15H2,1-4H3. The Morgan fingerprint density at radius 2 is 1.90 bits per heavy atom. The predicted octanol–water partition coefficient (Wildman–Crippen LogP) is 3.02. The second kappa shape index (κ2) is 7.28. The molecule has 0 saturated heterocycles. The van der Waals surface area contributed by atoms with Gasteiger partial charge in [0, 0.05) is 0 Å². The molecule has 0 fully saturated rings. The topological polar surface area (TPSA) is 78.6 Å². The zero-order valence-electron chi connectivity index (χ0n) is 12.3. The number of carbonyl (C=O) groups is 2. The molecule has 0 amide bonds. The van der Waals surface area contributed by atoms with Gasteiger partial charge in [-0.1, -0.05) is 13.3 Å². The Kier molecular flexibility index (Phi) is 6.01. The Balaban J connectivity index is 3.22. The van der Waals surface area contributed by atoms with E-state index >= 15 is 0 Å². The van der Waals surface area contributed by atoms with Gasteiger partial charge in [0.05, 0.1) is 18.3 Å². The summed E-state index contributed by atoms with van der Waals surface area (Å²) in [5.41, 5.74) is 6.84. The number of rotatable bonds is 6. The van der Waals surface area contributed by atoms with Gasteiger partial charge in [0.2, 0.25) is 0 Å². The van der Waals surface area contributed by atoms with E-state index in [1.807, 2.05) is 6.92 Å². The second-order valence-corrected chi connectivity index (χ2v) is 5.63. The van der Waals surface area contributed by atoms with Crippen LogP contribution in [0, 0.1) is 0 Å². The average molecular weight is 299 g/mol. The highest BCUT2D eigenvalue weighted by molar-refractivity contribution is 7.18. The number of ether oxygens (including phenoxy) is 2. The Morgan fingerprint density at radius 3 is 2.40 bits per heavy atom. The van der Waals surface area contributed by atoms with Crippen molar-refractivity contribution in [2.75, 3.05) is 12.3 Å². The molecule has 0 aliphatic heterocycles. The Hall–Kier alpha value is -1.56. The van der Waals surface area contributed by atoms with Crippen molar-refractivity contribution in [2.45, 2.75) is 46.6 Å². The molecule has 0 unspecified atom stereocenters. The first-order valence-electron chi connectivity index (χ1n) is 6.71. The summed E-state index contributed by atoms with van der Waals surface area (Å²) >= 11 is 1.09. The zero-order valence-corrected chi connectivity index (χ0v) is 13.1. The number of thiophene rings is 1. The average Bonchev–Trinajstić information content (AvgIpc) is 2.66. The second-order valence-electron chi connectivity index (χ2n) is 4.57. The Bertz CT molecular complexity index is 494. The molecule has 20 heavy (non-hydrogen) atoms. The summed E-state index contributed by atoms with van der Waals surface area (Å²) < 4.78 is 10.2. The highest BCUT2D eigenvalue weighted by Gasteiger charge is 2.27. The van der Waals surface area contributed by atoms with Gasteiger partial charge in [-0.05, 0) is 32.8 Å². The minimum Gasteiger partial charge on any atom is -0.462 e. The van der Waals surface area contributed by atoms with Crippen LogP contribution < -0.4 is 5.73 Å². The van der Waals surface area contributed by atoms with E-state index in [9.17, 15) is 9.59 Å². The monoisotopic (exact) mass is 299 g/mol. The smallest absolute Gasteiger partial charge is 0.348 e. The predicted molar refractivity (Wildman–Crippen MR) is 79.2 cm³/mol. The zero-order chi connectivity index (χ0) is 15.3. The van der Waals surface area contributed by atoms with Crippen molar-refractivity contribution in [1.82, 2.24) is 0 Å². The van der Waals surface area contributed by atoms with Gasteiger partial charge in [-0.2, -0.15) is 0 Å². The van der Waals surface area contributed by atoms with Crippen molar-refractivity contribution in [3.63, 3.8) is 0 Å². The molecule has 1 aromatic heterocycles. The molecule has 0 aromatic carbocycles. The van der Waals surface area contributed by atoms with Crippen molar-refractivity contribution < 1.29 is 19.1 Å². The van der Waals surface area contributed by atoms with Gasteiger partial charge in [-0.3, -0.25) is 0 Å². The number of hydrogen-bond donors (Lipinski definition) is 1. The molecule has 6 heteroatoms. The van der Waals surface area contributed by atoms with Crippen molar-refractivity contribution in [3.05, 3.63) is 16.0 Å². The van der Waals surface area contributed by atoms with E-state index in [0.717, 1.165) is 17.8 Å². The molecule has 0 aliphatic rings. The van der Waals surface area contributed by atoms with Gasteiger partial charge in [0.15, 0.2) is 0 Å². The van der Waals surface area contributed by atoms with Crippen LogP contribution in [-0.4, -0.2) is 24.6 Å². The number of nitrogens with two attached hydrogens (primary N) is 1. The lowest BCUT2D eigenvalue weighted by molar-refractivity contribution is 0.0378. The number of anilines is 1. The lowest BCUT2D eigenvalue weighted by Gasteiger charge is -2.10. The van der Waals surface area contributed by atoms with Gasteiger partial charge >= 0.3 is 11.9 Å². The first kappa shape index (κ1) is 16.5. The quantitative estimate of drug-likeness (QED) is 0.817. The molecule has 0 saturated carbocycles. The molecule has 1 heterocycles. The van der Waals surface area contributed by atoms with Crippen LogP contribution in [0.2, 0.25) is 0 Å². The van der Waals surface area contributed by atoms with E-state index < -0.39 is 11.9 Å². The summed E-state index contributed by atoms with van der Waals surface area (Å²) in [4.78, 5) is 24.5. The summed E-state index contributed by atoms with van der Waals surface area (Å²) in [5.74, 6) is -0.913. The van der Waals surface area contributed by atoms with Crippen LogP contribution >= 0.6 is 11.3 Å². The maximum atomic E-state index is 12.1. The van der Waals surface area contributed by atoms with Crippen LogP contribution in [0.1, 0.15) is 59.7 Å². The van der Waals surface area contributed by atoms with Gasteiger partial charge in [0.1, 0.15) is 9.88 Å². The maximum absolute atomic E-state index is 12.1. The molecular formula is C14H21NO4S. The summed E-state index contributed by atoms with van der Waals surface area (Å²) in [5, 5.41) is 0.308. The maximum Gasteiger partial charge on any atom is 0.348 e. The van der Waals surface area contributed by atoms with Gasteiger partial charge in [0.25, 0.3) is 0 Å². The first-order chi connectivity index (χ1) is 9.42. The van der Waals surface area contributed by atoms with E-state index in [2.05, 4.69) is 0 Å². The molecule has 0 radical (unpaired) electrons. The van der Waals surface area contributed by atoms with Gasteiger partial charge in [-0.25, -0.2) is 9.59 Å². The summed E-state index contributed by atoms with van der Waals surface area (Å²) in [6.45, 7) is 7.54. The third kappa shape index (κ3) is 3.72. The third-order valence-electron chi connectivity index (χ3n) is 2.54. The van der Waals surface area contributed by atoms with E-state index in [1.165, 1.54) is 0 Å². The third-order valence-corrected chi connectivity index (χ3v) is 3.58. The number of hydrogen-bond acceptors (Lipinski definition) is 6. The molecular weight excluding hydrogens is 278 g/mol. The molecule has 1 aromatic rings. The molecule has 112 valence electrons. The molecule has 5 nitrogen and oxygen atoms in total. The van der Waals surface area contributed by atoms with Crippen LogP contribution in [0.4, 0.5) is 5.00 Å². The van der Waals surface area contributed by atoms with Crippen molar-refractivity contribution in [3.8, 4) is 0 Å². The molecule has 0 aliphatic carbocycles. The van der Waals surface area contributed by atoms with Crippen molar-refractivity contribution in [2.24, 2.45) is 0 Å². The number of nitrogen functional groups attached to an aromatic ring is 1. The minimum atomic E-state index is -0.479. The van der Waals surface area contributed by atoms with Crippen LogP contribution in [0.3, 0.4) is 0 Å². The highest BCUT2D eigenvalue weighted by atomic mass is 32.1. The van der Waals surface area contributed by atoms with Gasteiger partial charge in [-0.15, -0.1) is 11.3 Å². The van der Waals surface area contributed by atoms with Crippen LogP contribution in [0.15, 0.2) is 0 Å². The van der Waals surface area contributed by atoms with Crippen LogP contribution in [0.5, 0.6) is 0 Å². The van der Waals surface area contributed by atoms with Crippen LogP contribution in [0.25, 0.3) is 0 Å². The SMILES string of the molecule is CCCc1c(C(=O)OCC)sc(N)c1C(=O)OC(C)C. The molecule has 0 spiro atoms. The van der Waals surface area contributed by atoms with Crippen molar-refractivity contribution >= 4 is 28.3 Å². The van der Waals surface area contributed by atoms with Crippen molar-refractivity contribution in [1.29, 1.82) is 0 Å². The van der Waals surface area contributed by atoms with Gasteiger partial charge < -0.3 is 15.2 Å². The Morgan fingerprint density at radius 1 is 1.25 bits per heavy atom. The first-order valence-corrected chi connectivity index (χ1v) is 7.53. The fourth-order valence-corrected chi connectivity index (χ4v) is 2.83. The largest absolute Gasteiger partial charge is 0.462 e. The van der Waals surface area contributed by atoms with Crippen LogP contribution in [-0.2, 0) is 15.9 Å². The fourth-order valence-electron chi connectivity index (χ4n) is 1.83. The minimum absolute atomic E-state index is 0.234. The highest BCUT2D eigenvalue weighted by Crippen LogP contribution is 2.33. The van der Waals surface area contributed by atoms with E-state index in [0.29, 0.717) is 27.4 Å². The molecule has 1 rings (SSSR count). The molecule has 0 bridgehead atoms. The lowest BCUT2D eigenvalue weighted by atomic mass is 10.1. The summed E-state index contributed by atoms with van der Waals surface area (Å²) in [6.07, 6.45) is 1.15. The van der Waals surface area contributed by atoms with E-state index in [-0.39, 0.29) is 12.7 Å². The summed E-state index contributed by atoms with van der Waals surface area (Å²) in [6, 6.07) is 0. The fraction of sp³-hybridized carbons (Fsp3) is 0.571. The number of esters is 2. The van der Waals surface area contributed by atoms with E-state index in [1.54, 1.807) is 20.8 Å². The number of carbonyl (C=O) groups excluding carboxylic acids is 2. The summed E-state index contributed by atoms with van der Waals surface area (Å²) in [7, 11) is 0. The molecule has 0 atom stereocenters. The lowest BCUT2D eigenvalue weighted by Crippen LogP contribution is -2.15. The Labute approximate surface area is 123 Å². The molecule has 2 N–H and O–H groups in total. The normalized spacial score (nSPS) is 10.7. The van der Waals surface area contributed by atoms with E-state index in [4.69, 9.17) is 15.2 Å².